The Hall–Kier alpha value is -2.30. The van der Waals surface area contributed by atoms with E-state index in [1.165, 1.54) is 0 Å². The minimum Gasteiger partial charge on any atom is -0.351 e. The van der Waals surface area contributed by atoms with Gasteiger partial charge >= 0.3 is 6.03 Å². The number of benzene rings is 1. The van der Waals surface area contributed by atoms with E-state index in [0.717, 1.165) is 36.2 Å². The Morgan fingerprint density at radius 3 is 2.78 bits per heavy atom. The van der Waals surface area contributed by atoms with Crippen LogP contribution in [0.25, 0.3) is 5.69 Å². The van der Waals surface area contributed by atoms with Gasteiger partial charge in [0.2, 0.25) is 0 Å². The minimum atomic E-state index is -0.554. The highest BCUT2D eigenvalue weighted by Crippen LogP contribution is 2.30. The van der Waals surface area contributed by atoms with Crippen LogP contribution in [0.4, 0.5) is 10.6 Å². The van der Waals surface area contributed by atoms with Crippen LogP contribution in [0, 0.1) is 0 Å². The normalized spacial score (nSPS) is 13.3. The molecule has 1 aliphatic carbocycles. The fourth-order valence-electron chi connectivity index (χ4n) is 2.39. The molecule has 0 bridgehead atoms. The summed E-state index contributed by atoms with van der Waals surface area (Å²) in [6.45, 7) is 0. The molecule has 1 heterocycles. The van der Waals surface area contributed by atoms with E-state index in [1.54, 1.807) is 4.68 Å². The van der Waals surface area contributed by atoms with Gasteiger partial charge in [-0.15, -0.1) is 0 Å². The average molecular weight is 242 g/mol. The Morgan fingerprint density at radius 2 is 2.06 bits per heavy atom. The van der Waals surface area contributed by atoms with Crippen molar-refractivity contribution >= 4 is 11.8 Å². The molecule has 1 aromatic heterocycles. The molecule has 3 rings (SSSR count). The van der Waals surface area contributed by atoms with E-state index < -0.39 is 6.03 Å². The maximum Gasteiger partial charge on any atom is 0.317 e. The SMILES string of the molecule is NC(=O)Nc1c2c(nn1-c1ccccc1)CCC2. The van der Waals surface area contributed by atoms with Crippen molar-refractivity contribution in [3.05, 3.63) is 41.6 Å². The maximum atomic E-state index is 11.1. The lowest BCUT2D eigenvalue weighted by Crippen LogP contribution is -2.22. The molecule has 2 aromatic rings. The van der Waals surface area contributed by atoms with E-state index in [2.05, 4.69) is 10.4 Å². The number of nitrogens with zero attached hydrogens (tertiary/aromatic N) is 2. The fourth-order valence-corrected chi connectivity index (χ4v) is 2.39. The van der Waals surface area contributed by atoms with E-state index >= 15 is 0 Å². The molecule has 0 aliphatic heterocycles. The first-order valence-electron chi connectivity index (χ1n) is 5.98. The molecule has 18 heavy (non-hydrogen) atoms. The Balaban J connectivity index is 2.12. The first-order valence-corrected chi connectivity index (χ1v) is 5.98. The number of hydrogen-bond acceptors (Lipinski definition) is 2. The molecule has 0 unspecified atom stereocenters. The number of aromatic nitrogens is 2. The van der Waals surface area contributed by atoms with Gasteiger partial charge in [0.05, 0.1) is 11.4 Å². The maximum absolute atomic E-state index is 11.1. The molecule has 0 radical (unpaired) electrons. The van der Waals surface area contributed by atoms with Crippen molar-refractivity contribution in [1.29, 1.82) is 0 Å². The van der Waals surface area contributed by atoms with Gasteiger partial charge in [-0.25, -0.2) is 9.48 Å². The van der Waals surface area contributed by atoms with E-state index in [1.807, 2.05) is 30.3 Å². The van der Waals surface area contributed by atoms with Crippen molar-refractivity contribution in [3.8, 4) is 5.69 Å². The van der Waals surface area contributed by atoms with Crippen LogP contribution in [0.3, 0.4) is 0 Å². The third-order valence-electron chi connectivity index (χ3n) is 3.15. The molecule has 0 spiro atoms. The molecule has 1 aliphatic rings. The van der Waals surface area contributed by atoms with Crippen LogP contribution in [0.1, 0.15) is 17.7 Å². The molecular weight excluding hydrogens is 228 g/mol. The van der Waals surface area contributed by atoms with Crippen LogP contribution in [0.15, 0.2) is 30.3 Å². The zero-order valence-corrected chi connectivity index (χ0v) is 9.89. The van der Waals surface area contributed by atoms with Gasteiger partial charge in [0.25, 0.3) is 0 Å². The zero-order valence-electron chi connectivity index (χ0n) is 9.89. The molecule has 2 amide bonds. The van der Waals surface area contributed by atoms with E-state index in [4.69, 9.17) is 5.73 Å². The summed E-state index contributed by atoms with van der Waals surface area (Å²) in [5.41, 5.74) is 8.33. The Morgan fingerprint density at radius 1 is 1.28 bits per heavy atom. The summed E-state index contributed by atoms with van der Waals surface area (Å²) >= 11 is 0. The summed E-state index contributed by atoms with van der Waals surface area (Å²) in [7, 11) is 0. The van der Waals surface area contributed by atoms with Crippen LogP contribution >= 0.6 is 0 Å². The standard InChI is InChI=1S/C13H14N4O/c14-13(18)15-12-10-7-4-8-11(10)16-17(12)9-5-2-1-3-6-9/h1-3,5-6H,4,7-8H2,(H3,14,15,18). The molecule has 0 atom stereocenters. The highest BCUT2D eigenvalue weighted by atomic mass is 16.2. The molecule has 1 aromatic carbocycles. The number of para-hydroxylation sites is 1. The number of anilines is 1. The summed E-state index contributed by atoms with van der Waals surface area (Å²) in [5.74, 6) is 0.709. The molecule has 5 heteroatoms. The monoisotopic (exact) mass is 242 g/mol. The van der Waals surface area contributed by atoms with Gasteiger partial charge in [0.15, 0.2) is 0 Å². The summed E-state index contributed by atoms with van der Waals surface area (Å²) in [4.78, 5) is 11.1. The lowest BCUT2D eigenvalue weighted by molar-refractivity contribution is 0.259. The number of primary amides is 1. The number of hydrogen-bond donors (Lipinski definition) is 2. The third-order valence-corrected chi connectivity index (χ3v) is 3.15. The van der Waals surface area contributed by atoms with Gasteiger partial charge in [-0.2, -0.15) is 5.10 Å². The lowest BCUT2D eigenvalue weighted by atomic mass is 10.2. The van der Waals surface area contributed by atoms with Crippen molar-refractivity contribution in [3.63, 3.8) is 0 Å². The molecule has 5 nitrogen and oxygen atoms in total. The van der Waals surface area contributed by atoms with Gasteiger partial charge < -0.3 is 5.73 Å². The second-order valence-corrected chi connectivity index (χ2v) is 4.36. The Bertz CT molecular complexity index is 589. The number of nitrogens with one attached hydrogen (secondary N) is 1. The lowest BCUT2D eigenvalue weighted by Gasteiger charge is -2.09. The first kappa shape index (κ1) is 10.8. The minimum absolute atomic E-state index is 0.554. The highest BCUT2D eigenvalue weighted by Gasteiger charge is 2.23. The van der Waals surface area contributed by atoms with E-state index in [0.29, 0.717) is 5.82 Å². The zero-order chi connectivity index (χ0) is 12.5. The van der Waals surface area contributed by atoms with Crippen molar-refractivity contribution in [1.82, 2.24) is 9.78 Å². The van der Waals surface area contributed by atoms with E-state index in [-0.39, 0.29) is 0 Å². The molecule has 3 N–H and O–H groups in total. The van der Waals surface area contributed by atoms with Crippen molar-refractivity contribution in [2.75, 3.05) is 5.32 Å². The van der Waals surface area contributed by atoms with Crippen molar-refractivity contribution < 1.29 is 4.79 Å². The number of nitrogens with two attached hydrogens (primary N) is 1. The molecular formula is C13H14N4O. The van der Waals surface area contributed by atoms with Crippen molar-refractivity contribution in [2.45, 2.75) is 19.3 Å². The predicted molar refractivity (Wildman–Crippen MR) is 68.8 cm³/mol. The average Bonchev–Trinajstić information content (AvgIpc) is 2.93. The van der Waals surface area contributed by atoms with Gasteiger partial charge in [0, 0.05) is 5.56 Å². The summed E-state index contributed by atoms with van der Waals surface area (Å²) in [5, 5.41) is 7.25. The molecule has 0 saturated heterocycles. The molecule has 92 valence electrons. The van der Waals surface area contributed by atoms with Gasteiger partial charge in [0.1, 0.15) is 5.82 Å². The quantitative estimate of drug-likeness (QED) is 0.843. The largest absolute Gasteiger partial charge is 0.351 e. The molecule has 0 fully saturated rings. The van der Waals surface area contributed by atoms with Crippen molar-refractivity contribution in [2.24, 2.45) is 5.73 Å². The van der Waals surface area contributed by atoms with Crippen LogP contribution in [0.5, 0.6) is 0 Å². The third kappa shape index (κ3) is 1.73. The number of aryl methyl sites for hydroxylation is 1. The highest BCUT2D eigenvalue weighted by molar-refractivity contribution is 5.88. The number of fused-ring (bicyclic) bond motifs is 1. The van der Waals surface area contributed by atoms with Crippen LogP contribution in [0.2, 0.25) is 0 Å². The Labute approximate surface area is 105 Å². The number of carbonyl (C=O) groups is 1. The first-order chi connectivity index (χ1) is 8.75. The second kappa shape index (κ2) is 4.18. The van der Waals surface area contributed by atoms with Gasteiger partial charge in [-0.3, -0.25) is 5.32 Å². The van der Waals surface area contributed by atoms with Gasteiger partial charge in [-0.05, 0) is 31.4 Å². The molecule has 0 saturated carbocycles. The van der Waals surface area contributed by atoms with Crippen LogP contribution in [-0.4, -0.2) is 15.8 Å². The summed E-state index contributed by atoms with van der Waals surface area (Å²) < 4.78 is 1.76. The summed E-state index contributed by atoms with van der Waals surface area (Å²) in [6.07, 6.45) is 2.99. The van der Waals surface area contributed by atoms with Crippen LogP contribution in [-0.2, 0) is 12.8 Å². The van der Waals surface area contributed by atoms with Gasteiger partial charge in [-0.1, -0.05) is 18.2 Å². The predicted octanol–water partition coefficient (Wildman–Crippen LogP) is 1.85. The number of carbonyl (C=O) groups excluding carboxylic acids is 1. The topological polar surface area (TPSA) is 72.9 Å². The van der Waals surface area contributed by atoms with Crippen LogP contribution < -0.4 is 11.1 Å². The second-order valence-electron chi connectivity index (χ2n) is 4.36. The number of rotatable bonds is 2. The smallest absolute Gasteiger partial charge is 0.317 e. The Kier molecular flexibility index (Phi) is 2.51. The summed E-state index contributed by atoms with van der Waals surface area (Å²) in [6, 6.07) is 9.18. The fraction of sp³-hybridized carbons (Fsp3) is 0.231. The number of amides is 2. The van der Waals surface area contributed by atoms with E-state index in [9.17, 15) is 4.79 Å². The number of urea groups is 1.